The van der Waals surface area contributed by atoms with Crippen LogP contribution in [0.2, 0.25) is 0 Å². The Morgan fingerprint density at radius 2 is 2.17 bits per heavy atom. The fraction of sp³-hybridized carbons (Fsp3) is 0.632. The molecule has 1 aromatic rings. The summed E-state index contributed by atoms with van der Waals surface area (Å²) in [5.74, 6) is 0.415. The normalized spacial score (nSPS) is 19.6. The highest BCUT2D eigenvalue weighted by molar-refractivity contribution is 5.60. The summed E-state index contributed by atoms with van der Waals surface area (Å²) in [6.45, 7) is 6.01. The zero-order chi connectivity index (χ0) is 16.8. The molecule has 0 spiro atoms. The molecule has 4 nitrogen and oxygen atoms in total. The molecule has 1 aromatic carbocycles. The second-order valence-electron chi connectivity index (χ2n) is 6.45. The molecule has 4 heteroatoms. The number of carbonyl (C=O) groups excluding carboxylic acids is 1. The summed E-state index contributed by atoms with van der Waals surface area (Å²) >= 11 is 0. The molecule has 0 bridgehead atoms. The zero-order valence-electron chi connectivity index (χ0n) is 14.4. The molecule has 3 atom stereocenters. The second-order valence-corrected chi connectivity index (χ2v) is 6.45. The van der Waals surface area contributed by atoms with Crippen molar-refractivity contribution >= 4 is 6.16 Å². The topological polar surface area (TPSA) is 55.8 Å². The van der Waals surface area contributed by atoms with E-state index in [1.165, 1.54) is 11.1 Å². The molecule has 1 aliphatic rings. The van der Waals surface area contributed by atoms with Crippen LogP contribution in [0.15, 0.2) is 18.2 Å². The fourth-order valence-corrected chi connectivity index (χ4v) is 3.06. The van der Waals surface area contributed by atoms with Crippen LogP contribution in [-0.2, 0) is 15.9 Å². The summed E-state index contributed by atoms with van der Waals surface area (Å²) in [6, 6.07) is 6.24. The van der Waals surface area contributed by atoms with Crippen molar-refractivity contribution in [2.75, 3.05) is 6.61 Å². The molecule has 0 heterocycles. The van der Waals surface area contributed by atoms with Gasteiger partial charge in [0.15, 0.2) is 0 Å². The summed E-state index contributed by atoms with van der Waals surface area (Å²) in [5, 5.41) is 9.71. The van der Waals surface area contributed by atoms with Gasteiger partial charge < -0.3 is 14.6 Å². The van der Waals surface area contributed by atoms with E-state index in [1.807, 2.05) is 19.9 Å². The molecule has 0 aromatic heterocycles. The van der Waals surface area contributed by atoms with Crippen molar-refractivity contribution in [3.63, 3.8) is 0 Å². The molecule has 1 N–H and O–H groups in total. The Balaban J connectivity index is 1.90. The van der Waals surface area contributed by atoms with E-state index in [2.05, 4.69) is 12.1 Å². The SMILES string of the molecule is CCC(C)OC(=O)OCC[C@@H]1CCCc2cc([C@@H](C)O)ccc21. The summed E-state index contributed by atoms with van der Waals surface area (Å²) in [5.41, 5.74) is 3.62. The number of hydrogen-bond donors (Lipinski definition) is 1. The molecule has 128 valence electrons. The minimum atomic E-state index is -0.570. The van der Waals surface area contributed by atoms with Crippen molar-refractivity contribution < 1.29 is 19.4 Å². The summed E-state index contributed by atoms with van der Waals surface area (Å²) in [7, 11) is 0. The molecule has 1 unspecified atom stereocenters. The Morgan fingerprint density at radius 1 is 1.39 bits per heavy atom. The molecule has 0 saturated carbocycles. The first kappa shape index (κ1) is 17.8. The van der Waals surface area contributed by atoms with Crippen molar-refractivity contribution in [2.45, 2.75) is 71.0 Å². The van der Waals surface area contributed by atoms with Crippen molar-refractivity contribution in [2.24, 2.45) is 0 Å². The first-order chi connectivity index (χ1) is 11.0. The first-order valence-electron chi connectivity index (χ1n) is 8.65. The van der Waals surface area contributed by atoms with Crippen molar-refractivity contribution in [3.05, 3.63) is 34.9 Å². The summed E-state index contributed by atoms with van der Waals surface area (Å²) in [6.07, 6.45) is 3.82. The Morgan fingerprint density at radius 3 is 2.87 bits per heavy atom. The van der Waals surface area contributed by atoms with Gasteiger partial charge >= 0.3 is 6.16 Å². The van der Waals surface area contributed by atoms with Gasteiger partial charge in [0.1, 0.15) is 6.10 Å². The number of fused-ring (bicyclic) bond motifs is 1. The van der Waals surface area contributed by atoms with Gasteiger partial charge in [-0.05, 0) is 68.6 Å². The number of aliphatic hydroxyl groups excluding tert-OH is 1. The highest BCUT2D eigenvalue weighted by Crippen LogP contribution is 2.35. The maximum atomic E-state index is 11.5. The predicted octanol–water partition coefficient (Wildman–Crippen LogP) is 4.50. The van der Waals surface area contributed by atoms with E-state index in [9.17, 15) is 9.90 Å². The number of rotatable bonds is 6. The molecule has 0 aliphatic heterocycles. The molecular formula is C19H28O4. The molecule has 0 radical (unpaired) electrons. The number of aliphatic hydroxyl groups is 1. The van der Waals surface area contributed by atoms with Gasteiger partial charge in [0.2, 0.25) is 0 Å². The Kier molecular flexibility index (Phi) is 6.46. The van der Waals surface area contributed by atoms with Crippen LogP contribution in [-0.4, -0.2) is 24.0 Å². The zero-order valence-corrected chi connectivity index (χ0v) is 14.4. The fourth-order valence-electron chi connectivity index (χ4n) is 3.06. The van der Waals surface area contributed by atoms with Gasteiger partial charge in [-0.1, -0.05) is 25.1 Å². The third-order valence-corrected chi connectivity index (χ3v) is 4.65. The van der Waals surface area contributed by atoms with Crippen LogP contribution in [0.1, 0.15) is 75.2 Å². The lowest BCUT2D eigenvalue weighted by Gasteiger charge is -2.26. The average molecular weight is 320 g/mol. The van der Waals surface area contributed by atoms with Crippen LogP contribution < -0.4 is 0 Å². The maximum absolute atomic E-state index is 11.5. The summed E-state index contributed by atoms with van der Waals surface area (Å²) in [4.78, 5) is 11.5. The van der Waals surface area contributed by atoms with Crippen LogP contribution >= 0.6 is 0 Å². The largest absolute Gasteiger partial charge is 0.508 e. The number of benzene rings is 1. The minimum absolute atomic E-state index is 0.100. The first-order valence-corrected chi connectivity index (χ1v) is 8.65. The highest BCUT2D eigenvalue weighted by atomic mass is 16.7. The molecule has 1 aliphatic carbocycles. The lowest BCUT2D eigenvalue weighted by molar-refractivity contribution is 0.0264. The quantitative estimate of drug-likeness (QED) is 0.784. The number of carbonyl (C=O) groups is 1. The maximum Gasteiger partial charge on any atom is 0.508 e. The number of aryl methyl sites for hydroxylation is 1. The number of ether oxygens (including phenoxy) is 2. The highest BCUT2D eigenvalue weighted by Gasteiger charge is 2.21. The Labute approximate surface area is 138 Å². The van der Waals surface area contributed by atoms with E-state index in [-0.39, 0.29) is 6.10 Å². The molecule has 2 rings (SSSR count). The van der Waals surface area contributed by atoms with Gasteiger partial charge in [-0.15, -0.1) is 0 Å². The predicted molar refractivity (Wildman–Crippen MR) is 89.6 cm³/mol. The van der Waals surface area contributed by atoms with Crippen LogP contribution in [0.5, 0.6) is 0 Å². The van der Waals surface area contributed by atoms with E-state index < -0.39 is 12.3 Å². The molecule has 0 amide bonds. The van der Waals surface area contributed by atoms with Gasteiger partial charge in [-0.25, -0.2) is 4.79 Å². The van der Waals surface area contributed by atoms with E-state index in [0.717, 1.165) is 37.7 Å². The van der Waals surface area contributed by atoms with E-state index in [4.69, 9.17) is 9.47 Å². The Hall–Kier alpha value is -1.55. The molecule has 0 fully saturated rings. The second kappa shape index (κ2) is 8.34. The standard InChI is InChI=1S/C19H28O4/c1-4-13(2)23-19(21)22-11-10-15-6-5-7-17-12-16(14(3)20)8-9-18(15)17/h8-9,12-15,20H,4-7,10-11H2,1-3H3/t13?,14-,15+/m1/s1. The lowest BCUT2D eigenvalue weighted by Crippen LogP contribution is -2.18. The van der Waals surface area contributed by atoms with Gasteiger partial charge in [0.25, 0.3) is 0 Å². The van der Waals surface area contributed by atoms with Gasteiger partial charge in [0.05, 0.1) is 12.7 Å². The van der Waals surface area contributed by atoms with Gasteiger partial charge in [0, 0.05) is 0 Å². The van der Waals surface area contributed by atoms with Crippen LogP contribution in [0.3, 0.4) is 0 Å². The van der Waals surface area contributed by atoms with Gasteiger partial charge in [-0.2, -0.15) is 0 Å². The summed E-state index contributed by atoms with van der Waals surface area (Å²) < 4.78 is 10.3. The third-order valence-electron chi connectivity index (χ3n) is 4.65. The van der Waals surface area contributed by atoms with Crippen molar-refractivity contribution in [1.82, 2.24) is 0 Å². The molecule has 23 heavy (non-hydrogen) atoms. The monoisotopic (exact) mass is 320 g/mol. The van der Waals surface area contributed by atoms with Crippen LogP contribution in [0.4, 0.5) is 4.79 Å². The van der Waals surface area contributed by atoms with E-state index in [0.29, 0.717) is 12.5 Å². The smallest absolute Gasteiger partial charge is 0.434 e. The molecular weight excluding hydrogens is 292 g/mol. The Bertz CT molecular complexity index is 524. The third kappa shape index (κ3) is 4.96. The van der Waals surface area contributed by atoms with Crippen LogP contribution in [0.25, 0.3) is 0 Å². The lowest BCUT2D eigenvalue weighted by atomic mass is 9.80. The molecule has 0 saturated heterocycles. The van der Waals surface area contributed by atoms with E-state index in [1.54, 1.807) is 6.92 Å². The van der Waals surface area contributed by atoms with Gasteiger partial charge in [-0.3, -0.25) is 0 Å². The van der Waals surface area contributed by atoms with Crippen molar-refractivity contribution in [1.29, 1.82) is 0 Å². The minimum Gasteiger partial charge on any atom is -0.434 e. The number of hydrogen-bond acceptors (Lipinski definition) is 4. The average Bonchev–Trinajstić information content (AvgIpc) is 2.54. The van der Waals surface area contributed by atoms with E-state index >= 15 is 0 Å². The van der Waals surface area contributed by atoms with Crippen molar-refractivity contribution in [3.8, 4) is 0 Å². The van der Waals surface area contributed by atoms with Crippen LogP contribution in [0, 0.1) is 0 Å².